The van der Waals surface area contributed by atoms with E-state index in [0.717, 1.165) is 0 Å². The fraction of sp³-hybridized carbons (Fsp3) is 0.0500. The summed E-state index contributed by atoms with van der Waals surface area (Å²) in [6.07, 6.45) is 1.37. The maximum atomic E-state index is 12.0. The number of methoxy groups -OCH3 is 1. The number of halogens is 2. The third-order valence-electron chi connectivity index (χ3n) is 3.73. The van der Waals surface area contributed by atoms with Crippen LogP contribution in [0.1, 0.15) is 26.5 Å². The number of rotatable bonds is 5. The SMILES string of the molecule is COC(=O)c1ccc(-c2ccc(/C=N/NC(=O)c3cccc(Cl)c3)o2)cc1Cl. The van der Waals surface area contributed by atoms with Gasteiger partial charge in [-0.05, 0) is 42.5 Å². The van der Waals surface area contributed by atoms with Crippen LogP contribution in [0.4, 0.5) is 0 Å². The van der Waals surface area contributed by atoms with E-state index in [-0.39, 0.29) is 10.6 Å². The first-order valence-corrected chi connectivity index (χ1v) is 8.80. The number of furan rings is 1. The van der Waals surface area contributed by atoms with Crippen molar-refractivity contribution in [3.63, 3.8) is 0 Å². The summed E-state index contributed by atoms with van der Waals surface area (Å²) in [6.45, 7) is 0. The van der Waals surface area contributed by atoms with Gasteiger partial charge in [-0.15, -0.1) is 0 Å². The Bertz CT molecular complexity index is 1060. The van der Waals surface area contributed by atoms with Gasteiger partial charge >= 0.3 is 5.97 Å². The van der Waals surface area contributed by atoms with Gasteiger partial charge in [0.1, 0.15) is 11.5 Å². The molecule has 1 amide bonds. The molecule has 3 rings (SSSR count). The van der Waals surface area contributed by atoms with E-state index in [0.29, 0.717) is 27.7 Å². The van der Waals surface area contributed by atoms with E-state index in [1.54, 1.807) is 54.6 Å². The minimum absolute atomic E-state index is 0.254. The predicted molar refractivity (Wildman–Crippen MR) is 107 cm³/mol. The Hall–Kier alpha value is -3.09. The normalized spacial score (nSPS) is 10.8. The van der Waals surface area contributed by atoms with E-state index in [1.807, 2.05) is 0 Å². The van der Waals surface area contributed by atoms with Crippen LogP contribution in [-0.2, 0) is 4.74 Å². The fourth-order valence-corrected chi connectivity index (χ4v) is 2.82. The number of ether oxygens (including phenoxy) is 1. The lowest BCUT2D eigenvalue weighted by Crippen LogP contribution is -2.17. The minimum atomic E-state index is -0.515. The topological polar surface area (TPSA) is 80.9 Å². The highest BCUT2D eigenvalue weighted by atomic mass is 35.5. The highest BCUT2D eigenvalue weighted by molar-refractivity contribution is 6.33. The van der Waals surface area contributed by atoms with Gasteiger partial charge in [-0.1, -0.05) is 35.3 Å². The van der Waals surface area contributed by atoms with Crippen LogP contribution in [0.3, 0.4) is 0 Å². The maximum Gasteiger partial charge on any atom is 0.339 e. The van der Waals surface area contributed by atoms with Gasteiger partial charge in [0.2, 0.25) is 0 Å². The highest BCUT2D eigenvalue weighted by Gasteiger charge is 2.13. The Morgan fingerprint density at radius 1 is 1.11 bits per heavy atom. The molecule has 0 saturated heterocycles. The molecule has 0 aliphatic carbocycles. The second-order valence-corrected chi connectivity index (χ2v) is 6.44. The van der Waals surface area contributed by atoms with Gasteiger partial charge in [0.05, 0.1) is 23.9 Å². The third kappa shape index (κ3) is 4.60. The van der Waals surface area contributed by atoms with Crippen molar-refractivity contribution in [1.29, 1.82) is 0 Å². The third-order valence-corrected chi connectivity index (χ3v) is 4.28. The summed E-state index contributed by atoms with van der Waals surface area (Å²) in [5.74, 6) is 0.0467. The highest BCUT2D eigenvalue weighted by Crippen LogP contribution is 2.27. The molecule has 1 heterocycles. The fourth-order valence-electron chi connectivity index (χ4n) is 2.37. The average molecular weight is 417 g/mol. The van der Waals surface area contributed by atoms with E-state index in [4.69, 9.17) is 27.6 Å². The number of benzene rings is 2. The minimum Gasteiger partial charge on any atom is -0.465 e. The van der Waals surface area contributed by atoms with Crippen molar-refractivity contribution in [3.8, 4) is 11.3 Å². The molecule has 0 aliphatic heterocycles. The van der Waals surface area contributed by atoms with Crippen molar-refractivity contribution in [2.75, 3.05) is 7.11 Å². The van der Waals surface area contributed by atoms with Gasteiger partial charge in [0, 0.05) is 16.1 Å². The van der Waals surface area contributed by atoms with Crippen LogP contribution in [0.15, 0.2) is 64.1 Å². The number of hydrogen-bond donors (Lipinski definition) is 1. The number of carbonyl (C=O) groups excluding carboxylic acids is 2. The molecule has 0 bridgehead atoms. The van der Waals surface area contributed by atoms with E-state index in [2.05, 4.69) is 15.3 Å². The summed E-state index contributed by atoms with van der Waals surface area (Å²) in [5.41, 5.74) is 3.74. The van der Waals surface area contributed by atoms with Gasteiger partial charge in [0.15, 0.2) is 0 Å². The van der Waals surface area contributed by atoms with Gasteiger partial charge in [-0.3, -0.25) is 4.79 Å². The number of nitrogens with zero attached hydrogens (tertiary/aromatic N) is 1. The number of amides is 1. The molecule has 3 aromatic rings. The van der Waals surface area contributed by atoms with Crippen LogP contribution in [-0.4, -0.2) is 25.2 Å². The molecule has 0 atom stereocenters. The Labute approximate surface area is 170 Å². The Kier molecular flexibility index (Phi) is 6.13. The number of hydrazone groups is 1. The van der Waals surface area contributed by atoms with Crippen molar-refractivity contribution >= 4 is 41.3 Å². The summed E-state index contributed by atoms with van der Waals surface area (Å²) >= 11 is 12.0. The molecule has 1 aromatic heterocycles. The Morgan fingerprint density at radius 3 is 2.64 bits per heavy atom. The van der Waals surface area contributed by atoms with Gasteiger partial charge in [0.25, 0.3) is 5.91 Å². The maximum absolute atomic E-state index is 12.0. The monoisotopic (exact) mass is 416 g/mol. The van der Waals surface area contributed by atoms with E-state index >= 15 is 0 Å². The van der Waals surface area contributed by atoms with Crippen LogP contribution >= 0.6 is 23.2 Å². The zero-order valence-electron chi connectivity index (χ0n) is 14.6. The summed E-state index contributed by atoms with van der Waals surface area (Å²) in [5, 5.41) is 4.59. The average Bonchev–Trinajstić information content (AvgIpc) is 3.16. The first-order chi connectivity index (χ1) is 13.5. The number of carbonyl (C=O) groups is 2. The number of hydrogen-bond acceptors (Lipinski definition) is 5. The molecule has 0 radical (unpaired) electrons. The quantitative estimate of drug-likeness (QED) is 0.367. The summed E-state index contributed by atoms with van der Waals surface area (Å²) in [7, 11) is 1.29. The standard InChI is InChI=1S/C20H14Cl2N2O4/c1-27-20(26)16-7-5-12(10-17(16)22)18-8-6-15(28-18)11-23-24-19(25)13-3-2-4-14(21)9-13/h2-11H,1H3,(H,24,25)/b23-11+. The largest absolute Gasteiger partial charge is 0.465 e. The van der Waals surface area contributed by atoms with E-state index in [1.165, 1.54) is 13.3 Å². The molecule has 0 aliphatic rings. The van der Waals surface area contributed by atoms with Crippen LogP contribution in [0.2, 0.25) is 10.0 Å². The molecular weight excluding hydrogens is 403 g/mol. The Morgan fingerprint density at radius 2 is 1.93 bits per heavy atom. The molecule has 6 nitrogen and oxygen atoms in total. The van der Waals surface area contributed by atoms with Crippen LogP contribution in [0.5, 0.6) is 0 Å². The second-order valence-electron chi connectivity index (χ2n) is 5.60. The van der Waals surface area contributed by atoms with Crippen molar-refractivity contribution < 1.29 is 18.7 Å². The lowest BCUT2D eigenvalue weighted by Gasteiger charge is -2.04. The zero-order chi connectivity index (χ0) is 20.1. The van der Waals surface area contributed by atoms with Gasteiger partial charge in [-0.25, -0.2) is 10.2 Å². The molecule has 8 heteroatoms. The molecule has 0 spiro atoms. The second kappa shape index (κ2) is 8.73. The molecule has 1 N–H and O–H groups in total. The van der Waals surface area contributed by atoms with E-state index in [9.17, 15) is 9.59 Å². The zero-order valence-corrected chi connectivity index (χ0v) is 16.1. The number of nitrogens with one attached hydrogen (secondary N) is 1. The molecule has 2 aromatic carbocycles. The summed E-state index contributed by atoms with van der Waals surface area (Å²) < 4.78 is 10.3. The molecular formula is C20H14Cl2N2O4. The Balaban J connectivity index is 1.69. The predicted octanol–water partition coefficient (Wildman–Crippen LogP) is 4.80. The van der Waals surface area contributed by atoms with Gasteiger partial charge in [-0.2, -0.15) is 5.10 Å². The molecule has 28 heavy (non-hydrogen) atoms. The molecule has 0 fully saturated rings. The molecule has 0 unspecified atom stereocenters. The van der Waals surface area contributed by atoms with Crippen molar-refractivity contribution in [2.45, 2.75) is 0 Å². The summed E-state index contributed by atoms with van der Waals surface area (Å²) in [6, 6.07) is 14.8. The number of esters is 1. The summed E-state index contributed by atoms with van der Waals surface area (Å²) in [4.78, 5) is 23.6. The van der Waals surface area contributed by atoms with Gasteiger partial charge < -0.3 is 9.15 Å². The van der Waals surface area contributed by atoms with Crippen molar-refractivity contribution in [1.82, 2.24) is 5.43 Å². The molecule has 142 valence electrons. The van der Waals surface area contributed by atoms with Crippen LogP contribution < -0.4 is 5.43 Å². The first kappa shape index (κ1) is 19.7. The lowest BCUT2D eigenvalue weighted by atomic mass is 10.1. The first-order valence-electron chi connectivity index (χ1n) is 8.05. The van der Waals surface area contributed by atoms with Crippen LogP contribution in [0, 0.1) is 0 Å². The van der Waals surface area contributed by atoms with Crippen molar-refractivity contribution in [2.24, 2.45) is 5.10 Å². The lowest BCUT2D eigenvalue weighted by molar-refractivity contribution is 0.0600. The van der Waals surface area contributed by atoms with Crippen molar-refractivity contribution in [3.05, 3.63) is 81.5 Å². The van der Waals surface area contributed by atoms with Crippen LogP contribution in [0.25, 0.3) is 11.3 Å². The molecule has 0 saturated carbocycles. The van der Waals surface area contributed by atoms with E-state index < -0.39 is 11.9 Å². The smallest absolute Gasteiger partial charge is 0.339 e.